The molecule has 0 bridgehead atoms. The largest absolute Gasteiger partial charge is 0.480 e. The van der Waals surface area contributed by atoms with Gasteiger partial charge in [0.25, 0.3) is 5.91 Å². The van der Waals surface area contributed by atoms with Gasteiger partial charge in [-0.1, -0.05) is 6.42 Å². The number of nitrogens with zero attached hydrogens (tertiary/aromatic N) is 4. The van der Waals surface area contributed by atoms with E-state index in [4.69, 9.17) is 0 Å². The molecule has 3 unspecified atom stereocenters. The van der Waals surface area contributed by atoms with Gasteiger partial charge in [0.1, 0.15) is 6.04 Å². The molecule has 1 N–H and O–H groups in total. The van der Waals surface area contributed by atoms with Crippen LogP contribution < -0.4 is 0 Å². The Labute approximate surface area is 139 Å². The van der Waals surface area contributed by atoms with Gasteiger partial charge < -0.3 is 10.0 Å². The van der Waals surface area contributed by atoms with Crippen molar-refractivity contribution in [2.45, 2.75) is 39.2 Å². The number of carbonyl (C=O) groups excluding carboxylic acids is 1. The van der Waals surface area contributed by atoms with E-state index in [9.17, 15) is 14.7 Å². The van der Waals surface area contributed by atoms with E-state index in [0.29, 0.717) is 29.4 Å². The zero-order chi connectivity index (χ0) is 17.0. The number of carboxylic acids is 1. The van der Waals surface area contributed by atoms with Gasteiger partial charge in [-0.2, -0.15) is 5.10 Å². The van der Waals surface area contributed by atoms with Crippen LogP contribution >= 0.6 is 0 Å². The average Bonchev–Trinajstić information content (AvgIpc) is 3.19. The zero-order valence-corrected chi connectivity index (χ0v) is 13.8. The van der Waals surface area contributed by atoms with Gasteiger partial charge >= 0.3 is 5.97 Å². The van der Waals surface area contributed by atoms with E-state index >= 15 is 0 Å². The first-order valence-electron chi connectivity index (χ1n) is 8.33. The highest BCUT2D eigenvalue weighted by Crippen LogP contribution is 2.42. The molecule has 3 atom stereocenters. The second-order valence-corrected chi connectivity index (χ2v) is 6.91. The second kappa shape index (κ2) is 5.29. The minimum Gasteiger partial charge on any atom is -0.480 e. The van der Waals surface area contributed by atoms with Gasteiger partial charge in [-0.05, 0) is 38.5 Å². The Bertz CT molecular complexity index is 844. The molecular formula is C17H20N4O3. The standard InChI is InChI=1S/C17H20N4O3/c1-9-6-14-18-7-13(10(2)21(14)19-9)16(22)20-8-11-4-3-5-12(11)15(20)17(23)24/h6-7,11-12,15H,3-5,8H2,1-2H3,(H,23,24). The van der Waals surface area contributed by atoms with Gasteiger partial charge in [-0.15, -0.1) is 0 Å². The van der Waals surface area contributed by atoms with Crippen LogP contribution in [0.15, 0.2) is 12.3 Å². The summed E-state index contributed by atoms with van der Waals surface area (Å²) >= 11 is 0. The summed E-state index contributed by atoms with van der Waals surface area (Å²) in [6.45, 7) is 4.22. The number of aromatic nitrogens is 3. The number of likely N-dealkylation sites (tertiary alicyclic amines) is 1. The van der Waals surface area contributed by atoms with Crippen LogP contribution in [0.4, 0.5) is 0 Å². The molecule has 126 valence electrons. The summed E-state index contributed by atoms with van der Waals surface area (Å²) in [6.07, 6.45) is 4.49. The number of aliphatic carboxylic acids is 1. The van der Waals surface area contributed by atoms with E-state index in [1.165, 1.54) is 4.90 Å². The van der Waals surface area contributed by atoms with Gasteiger partial charge in [0.05, 0.1) is 17.0 Å². The molecule has 7 nitrogen and oxygen atoms in total. The Morgan fingerprint density at radius 2 is 2.08 bits per heavy atom. The molecule has 3 heterocycles. The zero-order valence-electron chi connectivity index (χ0n) is 13.8. The highest BCUT2D eigenvalue weighted by atomic mass is 16.4. The Kier molecular flexibility index (Phi) is 3.33. The predicted octanol–water partition coefficient (Wildman–Crippen LogP) is 1.67. The molecule has 2 aliphatic rings. The quantitative estimate of drug-likeness (QED) is 0.906. The van der Waals surface area contributed by atoms with Gasteiger partial charge in [0, 0.05) is 18.8 Å². The lowest BCUT2D eigenvalue weighted by Crippen LogP contribution is -2.43. The fraction of sp³-hybridized carbons (Fsp3) is 0.529. The lowest BCUT2D eigenvalue weighted by Gasteiger charge is -2.25. The van der Waals surface area contributed by atoms with Crippen molar-refractivity contribution in [2.24, 2.45) is 11.8 Å². The molecule has 1 saturated heterocycles. The first-order valence-corrected chi connectivity index (χ1v) is 8.33. The lowest BCUT2D eigenvalue weighted by molar-refractivity contribution is -0.142. The van der Waals surface area contributed by atoms with E-state index in [2.05, 4.69) is 10.1 Å². The van der Waals surface area contributed by atoms with Crippen LogP contribution in [0.3, 0.4) is 0 Å². The molecule has 0 radical (unpaired) electrons. The van der Waals surface area contributed by atoms with E-state index in [1.807, 2.05) is 19.9 Å². The van der Waals surface area contributed by atoms with Crippen LogP contribution in [0, 0.1) is 25.7 Å². The van der Waals surface area contributed by atoms with Crippen LogP contribution in [0.2, 0.25) is 0 Å². The number of hydrogen-bond acceptors (Lipinski definition) is 4. The normalized spacial score (nSPS) is 26.1. The monoisotopic (exact) mass is 328 g/mol. The molecule has 0 spiro atoms. The number of hydrogen-bond donors (Lipinski definition) is 1. The number of aryl methyl sites for hydroxylation is 2. The maximum atomic E-state index is 13.0. The summed E-state index contributed by atoms with van der Waals surface area (Å²) < 4.78 is 1.65. The summed E-state index contributed by atoms with van der Waals surface area (Å²) in [7, 11) is 0. The van der Waals surface area contributed by atoms with Crippen molar-refractivity contribution in [1.29, 1.82) is 0 Å². The third kappa shape index (κ3) is 2.11. The maximum absolute atomic E-state index is 13.0. The van der Waals surface area contributed by atoms with Crippen molar-refractivity contribution in [3.8, 4) is 0 Å². The Morgan fingerprint density at radius 3 is 2.83 bits per heavy atom. The molecule has 0 aromatic carbocycles. The van der Waals surface area contributed by atoms with E-state index in [0.717, 1.165) is 25.0 Å². The van der Waals surface area contributed by atoms with Crippen LogP contribution in [0.5, 0.6) is 0 Å². The van der Waals surface area contributed by atoms with Crippen molar-refractivity contribution >= 4 is 17.5 Å². The van der Waals surface area contributed by atoms with Gasteiger partial charge in [0.15, 0.2) is 5.65 Å². The first-order chi connectivity index (χ1) is 11.5. The summed E-state index contributed by atoms with van der Waals surface area (Å²) in [6, 6.07) is 1.13. The minimum atomic E-state index is -0.903. The molecular weight excluding hydrogens is 308 g/mol. The molecule has 1 aliphatic heterocycles. The van der Waals surface area contributed by atoms with Gasteiger partial charge in [0.2, 0.25) is 0 Å². The second-order valence-electron chi connectivity index (χ2n) is 6.91. The molecule has 2 aromatic rings. The number of rotatable bonds is 2. The number of carbonyl (C=O) groups is 2. The topological polar surface area (TPSA) is 87.8 Å². The van der Waals surface area contributed by atoms with Gasteiger partial charge in [-0.25, -0.2) is 14.3 Å². The molecule has 1 saturated carbocycles. The molecule has 1 amide bonds. The third-order valence-electron chi connectivity index (χ3n) is 5.48. The molecule has 7 heteroatoms. The van der Waals surface area contributed by atoms with E-state index < -0.39 is 12.0 Å². The Balaban J connectivity index is 1.73. The third-order valence-corrected chi connectivity index (χ3v) is 5.48. The summed E-state index contributed by atoms with van der Waals surface area (Å²) in [5.41, 5.74) is 2.64. The number of carboxylic acid groups (broad SMARTS) is 1. The van der Waals surface area contributed by atoms with Crippen molar-refractivity contribution in [3.05, 3.63) is 29.2 Å². The van der Waals surface area contributed by atoms with Crippen LogP contribution in [0.25, 0.3) is 5.65 Å². The average molecular weight is 328 g/mol. The molecule has 24 heavy (non-hydrogen) atoms. The van der Waals surface area contributed by atoms with Crippen molar-refractivity contribution in [1.82, 2.24) is 19.5 Å². The summed E-state index contributed by atoms with van der Waals surface area (Å²) in [4.78, 5) is 30.6. The van der Waals surface area contributed by atoms with Crippen LogP contribution in [-0.2, 0) is 4.79 Å². The molecule has 2 aromatic heterocycles. The fourth-order valence-corrected chi connectivity index (χ4v) is 4.36. The molecule has 4 rings (SSSR count). The lowest BCUT2D eigenvalue weighted by atomic mass is 9.94. The Morgan fingerprint density at radius 1 is 1.29 bits per heavy atom. The summed E-state index contributed by atoms with van der Waals surface area (Å²) in [5, 5.41) is 14.0. The minimum absolute atomic E-state index is 0.0791. The first kappa shape index (κ1) is 15.1. The van der Waals surface area contributed by atoms with E-state index in [1.54, 1.807) is 10.7 Å². The SMILES string of the molecule is Cc1cc2ncc(C(=O)N3CC4CCCC4C3C(=O)O)c(C)n2n1. The highest BCUT2D eigenvalue weighted by molar-refractivity contribution is 5.98. The molecule has 1 aliphatic carbocycles. The smallest absolute Gasteiger partial charge is 0.326 e. The van der Waals surface area contributed by atoms with Crippen LogP contribution in [0.1, 0.15) is 41.0 Å². The van der Waals surface area contributed by atoms with Crippen molar-refractivity contribution in [3.63, 3.8) is 0 Å². The van der Waals surface area contributed by atoms with E-state index in [-0.39, 0.29) is 11.8 Å². The number of amides is 1. The maximum Gasteiger partial charge on any atom is 0.326 e. The summed E-state index contributed by atoms with van der Waals surface area (Å²) in [5.74, 6) is -0.773. The predicted molar refractivity (Wildman–Crippen MR) is 85.8 cm³/mol. The van der Waals surface area contributed by atoms with Crippen LogP contribution in [-0.4, -0.2) is 49.1 Å². The van der Waals surface area contributed by atoms with Crippen molar-refractivity contribution in [2.75, 3.05) is 6.54 Å². The highest BCUT2D eigenvalue weighted by Gasteiger charge is 2.49. The fourth-order valence-electron chi connectivity index (χ4n) is 4.36. The Hall–Kier alpha value is -2.44. The van der Waals surface area contributed by atoms with Gasteiger partial charge in [-0.3, -0.25) is 4.79 Å². The number of fused-ring (bicyclic) bond motifs is 2. The molecule has 2 fully saturated rings. The van der Waals surface area contributed by atoms with Crippen molar-refractivity contribution < 1.29 is 14.7 Å².